The Morgan fingerprint density at radius 1 is 0.943 bits per heavy atom. The predicted octanol–water partition coefficient (Wildman–Crippen LogP) is 2.24. The second-order valence-corrected chi connectivity index (χ2v) is 8.74. The summed E-state index contributed by atoms with van der Waals surface area (Å²) in [6.45, 7) is 6.08. The van der Waals surface area contributed by atoms with E-state index in [9.17, 15) is 9.59 Å². The maximum Gasteiger partial charge on any atom is 0.238 e. The number of hydrogen-bond acceptors (Lipinski definition) is 7. The van der Waals surface area contributed by atoms with Gasteiger partial charge in [0, 0.05) is 44.5 Å². The maximum atomic E-state index is 12.8. The van der Waals surface area contributed by atoms with Crippen molar-refractivity contribution in [2.45, 2.75) is 13.5 Å². The molecule has 1 saturated heterocycles. The summed E-state index contributed by atoms with van der Waals surface area (Å²) < 4.78 is 16.0. The van der Waals surface area contributed by atoms with Gasteiger partial charge in [-0.15, -0.1) is 0 Å². The Morgan fingerprint density at radius 2 is 1.63 bits per heavy atom. The van der Waals surface area contributed by atoms with Gasteiger partial charge < -0.3 is 24.4 Å². The van der Waals surface area contributed by atoms with Crippen molar-refractivity contribution >= 4 is 17.5 Å². The standard InChI is InChI=1S/C26H36N4O5/c1-19-13-23(34-4)24(35-5)14-20(19)16-29-9-11-30(12-10-29)26(32)18-28(2)17-25(31)27-21-7-6-8-22(15-21)33-3/h6-8,13-15H,9-12,16-18H2,1-5H3,(H,27,31). The average molecular weight is 485 g/mol. The summed E-state index contributed by atoms with van der Waals surface area (Å²) in [4.78, 5) is 31.1. The summed E-state index contributed by atoms with van der Waals surface area (Å²) in [5.41, 5.74) is 2.99. The number of ether oxygens (including phenoxy) is 3. The van der Waals surface area contributed by atoms with Crippen LogP contribution in [0, 0.1) is 6.92 Å². The van der Waals surface area contributed by atoms with Crippen molar-refractivity contribution in [3.8, 4) is 17.2 Å². The molecule has 0 bridgehead atoms. The van der Waals surface area contributed by atoms with E-state index in [0.29, 0.717) is 24.5 Å². The first-order valence-electron chi connectivity index (χ1n) is 11.7. The number of methoxy groups -OCH3 is 3. The highest BCUT2D eigenvalue weighted by molar-refractivity contribution is 5.92. The lowest BCUT2D eigenvalue weighted by atomic mass is 10.1. The Labute approximate surface area is 207 Å². The molecule has 0 radical (unpaired) electrons. The molecule has 0 atom stereocenters. The molecule has 35 heavy (non-hydrogen) atoms. The van der Waals surface area contributed by atoms with Crippen molar-refractivity contribution in [1.29, 1.82) is 0 Å². The highest BCUT2D eigenvalue weighted by Crippen LogP contribution is 2.31. The fourth-order valence-corrected chi connectivity index (χ4v) is 4.12. The SMILES string of the molecule is COc1cccc(NC(=O)CN(C)CC(=O)N2CCN(Cc3cc(OC)c(OC)cc3C)CC2)c1. The van der Waals surface area contributed by atoms with Gasteiger partial charge in [0.1, 0.15) is 5.75 Å². The lowest BCUT2D eigenvalue weighted by Gasteiger charge is -2.35. The van der Waals surface area contributed by atoms with Gasteiger partial charge in [-0.3, -0.25) is 19.4 Å². The third-order valence-electron chi connectivity index (χ3n) is 6.13. The molecule has 1 aliphatic rings. The van der Waals surface area contributed by atoms with Crippen molar-refractivity contribution in [2.24, 2.45) is 0 Å². The van der Waals surface area contributed by atoms with Crippen molar-refractivity contribution in [1.82, 2.24) is 14.7 Å². The zero-order valence-electron chi connectivity index (χ0n) is 21.3. The third-order valence-corrected chi connectivity index (χ3v) is 6.13. The molecular weight excluding hydrogens is 448 g/mol. The van der Waals surface area contributed by atoms with Gasteiger partial charge in [-0.05, 0) is 49.4 Å². The molecule has 2 amide bonds. The van der Waals surface area contributed by atoms with Gasteiger partial charge in [0.2, 0.25) is 11.8 Å². The van der Waals surface area contributed by atoms with Crippen LogP contribution in [0.1, 0.15) is 11.1 Å². The van der Waals surface area contributed by atoms with Gasteiger partial charge >= 0.3 is 0 Å². The first-order chi connectivity index (χ1) is 16.8. The van der Waals surface area contributed by atoms with Crippen molar-refractivity contribution in [3.63, 3.8) is 0 Å². The van der Waals surface area contributed by atoms with Gasteiger partial charge in [0.25, 0.3) is 0 Å². The van der Waals surface area contributed by atoms with E-state index < -0.39 is 0 Å². The Hall–Kier alpha value is -3.30. The van der Waals surface area contributed by atoms with Crippen LogP contribution in [-0.4, -0.2) is 94.2 Å². The maximum absolute atomic E-state index is 12.8. The second-order valence-electron chi connectivity index (χ2n) is 8.74. The summed E-state index contributed by atoms with van der Waals surface area (Å²) >= 11 is 0. The summed E-state index contributed by atoms with van der Waals surface area (Å²) in [5, 5.41) is 2.84. The summed E-state index contributed by atoms with van der Waals surface area (Å²) in [6.07, 6.45) is 0. The number of amides is 2. The van der Waals surface area contributed by atoms with E-state index in [1.165, 1.54) is 5.56 Å². The minimum absolute atomic E-state index is 0.0311. The molecule has 9 heteroatoms. The molecule has 0 aliphatic carbocycles. The molecule has 0 spiro atoms. The third kappa shape index (κ3) is 7.34. The Morgan fingerprint density at radius 3 is 2.29 bits per heavy atom. The van der Waals surface area contributed by atoms with E-state index in [2.05, 4.69) is 17.1 Å². The van der Waals surface area contributed by atoms with Crippen molar-refractivity contribution in [3.05, 3.63) is 47.5 Å². The number of rotatable bonds is 10. The van der Waals surface area contributed by atoms with Gasteiger partial charge in [-0.25, -0.2) is 0 Å². The molecule has 9 nitrogen and oxygen atoms in total. The van der Waals surface area contributed by atoms with Gasteiger partial charge in [0.05, 0.1) is 34.4 Å². The molecule has 1 heterocycles. The minimum atomic E-state index is -0.177. The zero-order valence-corrected chi connectivity index (χ0v) is 21.3. The number of aryl methyl sites for hydroxylation is 1. The van der Waals surface area contributed by atoms with Crippen LogP contribution in [0.5, 0.6) is 17.2 Å². The first-order valence-corrected chi connectivity index (χ1v) is 11.7. The average Bonchev–Trinajstić information content (AvgIpc) is 2.85. The fourth-order valence-electron chi connectivity index (χ4n) is 4.12. The molecule has 2 aromatic carbocycles. The van der Waals surface area contributed by atoms with Crippen LogP contribution >= 0.6 is 0 Å². The Balaban J connectivity index is 1.44. The van der Waals surface area contributed by atoms with Crippen molar-refractivity contribution < 1.29 is 23.8 Å². The normalized spacial score (nSPS) is 14.1. The van der Waals surface area contributed by atoms with E-state index in [4.69, 9.17) is 14.2 Å². The minimum Gasteiger partial charge on any atom is -0.497 e. The molecular formula is C26H36N4O5. The largest absolute Gasteiger partial charge is 0.497 e. The van der Waals surface area contributed by atoms with Gasteiger partial charge in [-0.1, -0.05) is 6.07 Å². The van der Waals surface area contributed by atoms with Crippen LogP contribution < -0.4 is 19.5 Å². The number of piperazine rings is 1. The molecule has 2 aromatic rings. The molecule has 1 fully saturated rings. The highest BCUT2D eigenvalue weighted by atomic mass is 16.5. The quantitative estimate of drug-likeness (QED) is 0.554. The number of anilines is 1. The van der Waals surface area contributed by atoms with Gasteiger partial charge in [-0.2, -0.15) is 0 Å². The monoisotopic (exact) mass is 484 g/mol. The number of nitrogens with one attached hydrogen (secondary N) is 1. The number of hydrogen-bond donors (Lipinski definition) is 1. The predicted molar refractivity (Wildman–Crippen MR) is 135 cm³/mol. The van der Waals surface area contributed by atoms with E-state index in [1.807, 2.05) is 29.2 Å². The highest BCUT2D eigenvalue weighted by Gasteiger charge is 2.23. The number of likely N-dealkylation sites (N-methyl/N-ethyl adjacent to an activating group) is 1. The van der Waals surface area contributed by atoms with Crippen LogP contribution in [0.4, 0.5) is 5.69 Å². The molecule has 3 rings (SSSR count). The lowest BCUT2D eigenvalue weighted by molar-refractivity contribution is -0.134. The van der Waals surface area contributed by atoms with E-state index in [-0.39, 0.29) is 24.9 Å². The van der Waals surface area contributed by atoms with Crippen molar-refractivity contribution in [2.75, 3.05) is 73.0 Å². The Bertz CT molecular complexity index is 1020. The van der Waals surface area contributed by atoms with E-state index in [0.717, 1.165) is 36.7 Å². The summed E-state index contributed by atoms with van der Waals surface area (Å²) in [5.74, 6) is 1.98. The molecule has 0 unspecified atom stereocenters. The van der Waals surface area contributed by atoms with E-state index in [1.54, 1.807) is 45.4 Å². The molecule has 1 N–H and O–H groups in total. The second kappa shape index (κ2) is 12.4. The fraction of sp³-hybridized carbons (Fsp3) is 0.462. The summed E-state index contributed by atoms with van der Waals surface area (Å²) in [7, 11) is 6.63. The summed E-state index contributed by atoms with van der Waals surface area (Å²) in [6, 6.07) is 11.2. The molecule has 0 aromatic heterocycles. The van der Waals surface area contributed by atoms with E-state index >= 15 is 0 Å². The zero-order chi connectivity index (χ0) is 25.4. The molecule has 0 saturated carbocycles. The van der Waals surface area contributed by atoms with Crippen LogP contribution in [0.25, 0.3) is 0 Å². The number of benzene rings is 2. The topological polar surface area (TPSA) is 83.6 Å². The first kappa shape index (κ1) is 26.3. The van der Waals surface area contributed by atoms with Crippen LogP contribution in [-0.2, 0) is 16.1 Å². The molecule has 190 valence electrons. The number of carbonyl (C=O) groups excluding carboxylic acids is 2. The molecule has 1 aliphatic heterocycles. The van der Waals surface area contributed by atoms with Gasteiger partial charge in [0.15, 0.2) is 11.5 Å². The number of carbonyl (C=O) groups is 2. The van der Waals surface area contributed by atoms with Crippen LogP contribution in [0.3, 0.4) is 0 Å². The lowest BCUT2D eigenvalue weighted by Crippen LogP contribution is -2.51. The smallest absolute Gasteiger partial charge is 0.238 e. The van der Waals surface area contributed by atoms with Crippen LogP contribution in [0.2, 0.25) is 0 Å². The van der Waals surface area contributed by atoms with Crippen LogP contribution in [0.15, 0.2) is 36.4 Å². The Kier molecular flexibility index (Phi) is 9.33. The number of nitrogens with zero attached hydrogens (tertiary/aromatic N) is 3.